The quantitative estimate of drug-likeness (QED) is 0.111. The number of aryl methyl sites for hydroxylation is 1. The van der Waals surface area contributed by atoms with Crippen molar-refractivity contribution in [2.75, 3.05) is 19.3 Å². The van der Waals surface area contributed by atoms with E-state index >= 15 is 0 Å². The van der Waals surface area contributed by atoms with E-state index < -0.39 is 28.0 Å². The second-order valence-electron chi connectivity index (χ2n) is 14.3. The number of sulfonamides is 1. The van der Waals surface area contributed by atoms with Crippen LogP contribution in [0.5, 0.6) is 0 Å². The Morgan fingerprint density at radius 3 is 2.44 bits per heavy atom. The van der Waals surface area contributed by atoms with E-state index in [1.54, 1.807) is 23.1 Å². The van der Waals surface area contributed by atoms with Gasteiger partial charge in [0.25, 0.3) is 5.89 Å². The monoisotopic (exact) mass is 726 g/mol. The van der Waals surface area contributed by atoms with E-state index in [1.165, 1.54) is 6.42 Å². The minimum atomic E-state index is -3.70. The van der Waals surface area contributed by atoms with Gasteiger partial charge in [-0.15, -0.1) is 0 Å². The number of nitrogens with zero attached hydrogens (tertiary/aromatic N) is 2. The van der Waals surface area contributed by atoms with Gasteiger partial charge in [-0.05, 0) is 93.2 Å². The van der Waals surface area contributed by atoms with Gasteiger partial charge in [0.1, 0.15) is 11.6 Å². The lowest BCUT2D eigenvalue weighted by Gasteiger charge is -2.30. The normalized spacial score (nSPS) is 19.9. The van der Waals surface area contributed by atoms with Gasteiger partial charge in [-0.2, -0.15) is 0 Å². The van der Waals surface area contributed by atoms with Gasteiger partial charge in [-0.3, -0.25) is 14.4 Å². The first-order valence-corrected chi connectivity index (χ1v) is 20.4. The van der Waals surface area contributed by atoms with E-state index in [0.717, 1.165) is 56.8 Å². The van der Waals surface area contributed by atoms with E-state index in [0.29, 0.717) is 67.2 Å². The number of Topliss-reactive ketones (excluding diaryl/α,β-unsaturated/α-hetero) is 2. The smallest absolute Gasteiger partial charge is 0.264 e. The number of oxazole rings is 1. The summed E-state index contributed by atoms with van der Waals surface area (Å²) in [5, 5.41) is 0.656. The first-order chi connectivity index (χ1) is 24.0. The molecule has 1 aliphatic heterocycles. The molecule has 12 heteroatoms. The van der Waals surface area contributed by atoms with Crippen LogP contribution in [0.25, 0.3) is 11.1 Å². The molecule has 2 heterocycles. The Hall–Kier alpha value is -3.12. The van der Waals surface area contributed by atoms with Gasteiger partial charge in [0, 0.05) is 23.9 Å². The average molecular weight is 727 g/mol. The lowest BCUT2D eigenvalue weighted by molar-refractivity contribution is -0.139. The number of para-hydroxylation sites is 2. The zero-order valence-electron chi connectivity index (χ0n) is 29.0. The SMILES string of the molecule is CS(=O)(=O)N[C@H](CCC1CCCCC1)C(=O)N1C[C@H](CCc2ccc(Cl)cc2)C[C@H]1C(=O)C[C@@H](CCCCN)C(=O)c1nc2ccccc2o1. The first kappa shape index (κ1) is 38.1. The lowest BCUT2D eigenvalue weighted by Crippen LogP contribution is -2.52. The van der Waals surface area contributed by atoms with E-state index in [2.05, 4.69) is 9.71 Å². The Kier molecular flexibility index (Phi) is 13.6. The number of fused-ring (bicyclic) bond motifs is 1. The van der Waals surface area contributed by atoms with Gasteiger partial charge >= 0.3 is 0 Å². The van der Waals surface area contributed by atoms with Crippen molar-refractivity contribution >= 4 is 50.2 Å². The number of carbonyl (C=O) groups excluding carboxylic acids is 3. The highest BCUT2D eigenvalue weighted by atomic mass is 35.5. The summed E-state index contributed by atoms with van der Waals surface area (Å²) in [6.45, 7) is 0.804. The number of nitrogens with two attached hydrogens (primary N) is 1. The molecule has 2 fully saturated rings. The van der Waals surface area contributed by atoms with Crippen LogP contribution in [0.2, 0.25) is 5.02 Å². The standard InChI is InChI=1S/C38H51ClN4O6S/c1-50(47,48)42-32(21-18-26-9-3-2-4-10-26)38(46)43-25-28(15-14-27-16-19-30(39)20-17-27)23-33(43)34(44)24-29(11-7-8-22-40)36(45)37-41-31-12-5-6-13-35(31)49-37/h5-6,12-13,16-17,19-20,26,28-29,32-33,42H,2-4,7-11,14-15,18,21-25,40H2,1H3/t28-,29-,32-,33+/m1/s1. The molecule has 4 atom stereocenters. The number of carbonyl (C=O) groups is 3. The highest BCUT2D eigenvalue weighted by molar-refractivity contribution is 7.88. The van der Waals surface area contributed by atoms with Crippen molar-refractivity contribution in [1.29, 1.82) is 0 Å². The summed E-state index contributed by atoms with van der Waals surface area (Å²) < 4.78 is 33.4. The largest absolute Gasteiger partial charge is 0.434 e. The number of aromatic nitrogens is 1. The summed E-state index contributed by atoms with van der Waals surface area (Å²) in [6, 6.07) is 13.1. The van der Waals surface area contributed by atoms with Crippen LogP contribution in [0.3, 0.4) is 0 Å². The number of likely N-dealkylation sites (tertiary alicyclic amines) is 1. The fourth-order valence-electron chi connectivity index (χ4n) is 7.66. The molecule has 2 aromatic carbocycles. The van der Waals surface area contributed by atoms with Gasteiger partial charge in [-0.25, -0.2) is 18.1 Å². The Labute approximate surface area is 300 Å². The number of nitrogens with one attached hydrogen (secondary N) is 1. The van der Waals surface area contributed by atoms with Crippen LogP contribution >= 0.6 is 11.6 Å². The number of rotatable bonds is 18. The summed E-state index contributed by atoms with van der Waals surface area (Å²) >= 11 is 6.09. The fraction of sp³-hybridized carbons (Fsp3) is 0.579. The molecular weight excluding hydrogens is 676 g/mol. The van der Waals surface area contributed by atoms with Crippen molar-refractivity contribution in [3.63, 3.8) is 0 Å². The van der Waals surface area contributed by atoms with Crippen LogP contribution in [0.1, 0.15) is 99.7 Å². The van der Waals surface area contributed by atoms with Crippen molar-refractivity contribution < 1.29 is 27.2 Å². The van der Waals surface area contributed by atoms with Crippen molar-refractivity contribution in [1.82, 2.24) is 14.6 Å². The number of ketones is 2. The highest BCUT2D eigenvalue weighted by Crippen LogP contribution is 2.33. The minimum Gasteiger partial charge on any atom is -0.434 e. The number of hydrogen-bond acceptors (Lipinski definition) is 8. The molecule has 0 unspecified atom stereocenters. The summed E-state index contributed by atoms with van der Waals surface area (Å²) in [5.74, 6) is -1.17. The Morgan fingerprint density at radius 2 is 1.74 bits per heavy atom. The molecule has 2 aliphatic rings. The molecule has 1 aliphatic carbocycles. The van der Waals surface area contributed by atoms with E-state index in [-0.39, 0.29) is 35.7 Å². The number of benzene rings is 2. The minimum absolute atomic E-state index is 0.0178. The number of amides is 1. The molecule has 5 rings (SSSR count). The molecule has 272 valence electrons. The van der Waals surface area contributed by atoms with E-state index in [1.807, 2.05) is 30.3 Å². The molecule has 0 radical (unpaired) electrons. The van der Waals surface area contributed by atoms with Gasteiger partial charge < -0.3 is 15.1 Å². The summed E-state index contributed by atoms with van der Waals surface area (Å²) in [7, 11) is -3.70. The van der Waals surface area contributed by atoms with Gasteiger partial charge in [0.05, 0.1) is 12.3 Å². The summed E-state index contributed by atoms with van der Waals surface area (Å²) in [6.07, 6.45) is 11.5. The van der Waals surface area contributed by atoms with Gasteiger partial charge in [-0.1, -0.05) is 74.4 Å². The third kappa shape index (κ3) is 10.7. The second-order valence-corrected chi connectivity index (χ2v) is 16.5. The van der Waals surface area contributed by atoms with Crippen molar-refractivity contribution in [3.05, 3.63) is 65.0 Å². The molecule has 10 nitrogen and oxygen atoms in total. The van der Waals surface area contributed by atoms with Crippen molar-refractivity contribution in [3.8, 4) is 0 Å². The topological polar surface area (TPSA) is 153 Å². The Balaban J connectivity index is 1.37. The summed E-state index contributed by atoms with van der Waals surface area (Å²) in [4.78, 5) is 48.5. The predicted molar refractivity (Wildman–Crippen MR) is 195 cm³/mol. The van der Waals surface area contributed by atoms with Crippen LogP contribution in [0, 0.1) is 17.8 Å². The molecular formula is C38H51ClN4O6S. The predicted octanol–water partition coefficient (Wildman–Crippen LogP) is 6.50. The Morgan fingerprint density at radius 1 is 1.00 bits per heavy atom. The fourth-order valence-corrected chi connectivity index (χ4v) is 8.53. The molecule has 50 heavy (non-hydrogen) atoms. The van der Waals surface area contributed by atoms with E-state index in [4.69, 9.17) is 21.8 Å². The molecule has 3 N–H and O–H groups in total. The maximum absolute atomic E-state index is 14.3. The summed E-state index contributed by atoms with van der Waals surface area (Å²) in [5.41, 5.74) is 7.93. The Bertz CT molecular complexity index is 1670. The van der Waals surface area contributed by atoms with Crippen LogP contribution in [0.4, 0.5) is 0 Å². The van der Waals surface area contributed by atoms with Crippen molar-refractivity contribution in [2.45, 2.75) is 102 Å². The molecule has 1 saturated heterocycles. The first-order valence-electron chi connectivity index (χ1n) is 18.2. The van der Waals surface area contributed by atoms with Crippen molar-refractivity contribution in [2.24, 2.45) is 23.5 Å². The van der Waals surface area contributed by atoms with Crippen LogP contribution in [-0.2, 0) is 26.0 Å². The van der Waals surface area contributed by atoms with Crippen LogP contribution < -0.4 is 10.5 Å². The number of unbranched alkanes of at least 4 members (excludes halogenated alkanes) is 1. The average Bonchev–Trinajstić information content (AvgIpc) is 3.74. The zero-order valence-corrected chi connectivity index (χ0v) is 30.6. The molecule has 1 saturated carbocycles. The van der Waals surface area contributed by atoms with Crippen LogP contribution in [-0.4, -0.2) is 67.2 Å². The highest BCUT2D eigenvalue weighted by Gasteiger charge is 2.43. The molecule has 0 bridgehead atoms. The van der Waals surface area contributed by atoms with E-state index in [9.17, 15) is 22.8 Å². The molecule has 0 spiro atoms. The maximum atomic E-state index is 14.3. The zero-order chi connectivity index (χ0) is 35.7. The molecule has 3 aromatic rings. The van der Waals surface area contributed by atoms with Crippen LogP contribution in [0.15, 0.2) is 52.9 Å². The molecule has 1 amide bonds. The number of halogens is 1. The third-order valence-corrected chi connectivity index (χ3v) is 11.3. The lowest BCUT2D eigenvalue weighted by atomic mass is 9.85. The number of hydrogen-bond donors (Lipinski definition) is 2. The third-order valence-electron chi connectivity index (χ3n) is 10.4. The second kappa shape index (κ2) is 17.9. The molecule has 1 aromatic heterocycles. The van der Waals surface area contributed by atoms with Gasteiger partial charge in [0.15, 0.2) is 11.4 Å². The maximum Gasteiger partial charge on any atom is 0.264 e. The van der Waals surface area contributed by atoms with Gasteiger partial charge in [0.2, 0.25) is 21.7 Å².